The van der Waals surface area contributed by atoms with E-state index < -0.39 is 27.6 Å². The molecule has 0 aliphatic rings. The van der Waals surface area contributed by atoms with Crippen LogP contribution in [0.2, 0.25) is 0 Å². The number of carbonyl (C=O) groups excluding carboxylic acids is 1. The SMILES string of the molecule is Cc1ccc(S(=O)(=O)n2cc(C[C@H](N)C(=O)OC(C)(C)C)c3ccc(I)cc32)cc1. The number of esters is 1. The van der Waals surface area contributed by atoms with Gasteiger partial charge < -0.3 is 10.5 Å². The highest BCUT2D eigenvalue weighted by molar-refractivity contribution is 14.1. The van der Waals surface area contributed by atoms with Gasteiger partial charge in [0, 0.05) is 21.6 Å². The van der Waals surface area contributed by atoms with Crippen LogP contribution in [0.15, 0.2) is 53.6 Å². The lowest BCUT2D eigenvalue weighted by molar-refractivity contribution is -0.156. The van der Waals surface area contributed by atoms with E-state index in [0.29, 0.717) is 11.1 Å². The Balaban J connectivity index is 2.06. The molecular formula is C22H25IN2O4S. The Morgan fingerprint density at radius 3 is 2.40 bits per heavy atom. The van der Waals surface area contributed by atoms with Crippen molar-refractivity contribution < 1.29 is 17.9 Å². The van der Waals surface area contributed by atoms with E-state index in [1.165, 1.54) is 3.97 Å². The molecule has 3 aromatic rings. The zero-order valence-corrected chi connectivity index (χ0v) is 20.3. The molecule has 0 bridgehead atoms. The van der Waals surface area contributed by atoms with Crippen LogP contribution in [0.1, 0.15) is 31.9 Å². The van der Waals surface area contributed by atoms with Crippen molar-refractivity contribution in [2.75, 3.05) is 0 Å². The average molecular weight is 540 g/mol. The quantitative estimate of drug-likeness (QED) is 0.390. The van der Waals surface area contributed by atoms with E-state index in [0.717, 1.165) is 14.5 Å². The lowest BCUT2D eigenvalue weighted by atomic mass is 10.1. The predicted molar refractivity (Wildman–Crippen MR) is 126 cm³/mol. The van der Waals surface area contributed by atoms with Crippen molar-refractivity contribution in [1.29, 1.82) is 0 Å². The zero-order valence-electron chi connectivity index (χ0n) is 17.3. The van der Waals surface area contributed by atoms with Crippen LogP contribution >= 0.6 is 22.6 Å². The van der Waals surface area contributed by atoms with E-state index in [1.807, 2.05) is 25.1 Å². The fourth-order valence-electron chi connectivity index (χ4n) is 3.12. The highest BCUT2D eigenvalue weighted by atomic mass is 127. The van der Waals surface area contributed by atoms with Crippen LogP contribution in [0.3, 0.4) is 0 Å². The first-order valence-corrected chi connectivity index (χ1v) is 12.0. The van der Waals surface area contributed by atoms with Gasteiger partial charge in [-0.1, -0.05) is 23.8 Å². The van der Waals surface area contributed by atoms with Crippen LogP contribution in [-0.2, 0) is 26.0 Å². The number of fused-ring (bicyclic) bond motifs is 1. The molecular weight excluding hydrogens is 515 g/mol. The van der Waals surface area contributed by atoms with E-state index in [1.54, 1.807) is 51.2 Å². The summed E-state index contributed by atoms with van der Waals surface area (Å²) in [4.78, 5) is 12.5. The maximum Gasteiger partial charge on any atom is 0.323 e. The van der Waals surface area contributed by atoms with Gasteiger partial charge in [-0.05, 0) is 80.1 Å². The summed E-state index contributed by atoms with van der Waals surface area (Å²) in [5, 5.41) is 0.741. The fraction of sp³-hybridized carbons (Fsp3) is 0.318. The smallest absolute Gasteiger partial charge is 0.323 e. The molecule has 0 aliphatic carbocycles. The summed E-state index contributed by atoms with van der Waals surface area (Å²) < 4.78 is 34.2. The number of nitrogens with zero attached hydrogens (tertiary/aromatic N) is 1. The largest absolute Gasteiger partial charge is 0.459 e. The number of benzene rings is 2. The molecule has 0 unspecified atom stereocenters. The van der Waals surface area contributed by atoms with Crippen LogP contribution in [-0.4, -0.2) is 30.0 Å². The summed E-state index contributed by atoms with van der Waals surface area (Å²) in [6, 6.07) is 11.4. The Labute approximate surface area is 190 Å². The maximum atomic E-state index is 13.3. The Bertz CT molecular complexity index is 1190. The summed E-state index contributed by atoms with van der Waals surface area (Å²) in [7, 11) is -3.81. The molecule has 0 spiro atoms. The van der Waals surface area contributed by atoms with Gasteiger partial charge in [-0.15, -0.1) is 0 Å². The zero-order chi connectivity index (χ0) is 22.3. The molecule has 0 radical (unpaired) electrons. The molecule has 160 valence electrons. The molecule has 2 N–H and O–H groups in total. The first-order valence-electron chi connectivity index (χ1n) is 9.49. The summed E-state index contributed by atoms with van der Waals surface area (Å²) in [5.41, 5.74) is 7.65. The fourth-order valence-corrected chi connectivity index (χ4v) is 4.98. The van der Waals surface area contributed by atoms with Crippen molar-refractivity contribution in [2.45, 2.75) is 50.7 Å². The van der Waals surface area contributed by atoms with E-state index in [4.69, 9.17) is 10.5 Å². The van der Waals surface area contributed by atoms with Gasteiger partial charge in [-0.3, -0.25) is 4.79 Å². The number of ether oxygens (including phenoxy) is 1. The van der Waals surface area contributed by atoms with Crippen LogP contribution in [0.25, 0.3) is 10.9 Å². The Morgan fingerprint density at radius 2 is 1.80 bits per heavy atom. The Morgan fingerprint density at radius 1 is 1.17 bits per heavy atom. The number of aromatic nitrogens is 1. The molecule has 3 rings (SSSR count). The monoisotopic (exact) mass is 540 g/mol. The summed E-state index contributed by atoms with van der Waals surface area (Å²) in [6.45, 7) is 7.23. The van der Waals surface area contributed by atoms with E-state index in [-0.39, 0.29) is 11.3 Å². The first-order chi connectivity index (χ1) is 13.9. The number of nitrogens with two attached hydrogens (primary N) is 1. The molecule has 1 atom stereocenters. The lowest BCUT2D eigenvalue weighted by Crippen LogP contribution is -2.38. The van der Waals surface area contributed by atoms with Crippen molar-refractivity contribution in [1.82, 2.24) is 3.97 Å². The molecule has 0 amide bonds. The third kappa shape index (κ3) is 4.87. The normalized spacial score (nSPS) is 13.4. The van der Waals surface area contributed by atoms with Gasteiger partial charge >= 0.3 is 5.97 Å². The Hall–Kier alpha value is -1.91. The van der Waals surface area contributed by atoms with Crippen LogP contribution in [0.4, 0.5) is 0 Å². The highest BCUT2D eigenvalue weighted by Gasteiger charge is 2.26. The average Bonchev–Trinajstić information content (AvgIpc) is 2.99. The minimum atomic E-state index is -3.81. The molecule has 6 nitrogen and oxygen atoms in total. The van der Waals surface area contributed by atoms with Crippen LogP contribution < -0.4 is 5.73 Å². The summed E-state index contributed by atoms with van der Waals surface area (Å²) >= 11 is 2.14. The van der Waals surface area contributed by atoms with Gasteiger partial charge in [-0.25, -0.2) is 12.4 Å². The minimum absolute atomic E-state index is 0.169. The molecule has 2 aromatic carbocycles. The van der Waals surface area contributed by atoms with Crippen molar-refractivity contribution in [2.24, 2.45) is 5.73 Å². The van der Waals surface area contributed by atoms with Gasteiger partial charge in [0.05, 0.1) is 10.4 Å². The van der Waals surface area contributed by atoms with Crippen LogP contribution in [0, 0.1) is 10.5 Å². The van der Waals surface area contributed by atoms with Crippen molar-refractivity contribution in [3.63, 3.8) is 0 Å². The second-order valence-corrected chi connectivity index (χ2v) is 11.3. The van der Waals surface area contributed by atoms with Gasteiger partial charge in [-0.2, -0.15) is 0 Å². The number of hydrogen-bond acceptors (Lipinski definition) is 5. The molecule has 8 heteroatoms. The minimum Gasteiger partial charge on any atom is -0.459 e. The summed E-state index contributed by atoms with van der Waals surface area (Å²) in [6.07, 6.45) is 1.72. The number of halogens is 1. The van der Waals surface area contributed by atoms with E-state index in [2.05, 4.69) is 22.6 Å². The van der Waals surface area contributed by atoms with Gasteiger partial charge in [0.15, 0.2) is 0 Å². The molecule has 0 aliphatic heterocycles. The standard InChI is InChI=1S/C22H25IN2O4S/c1-14-5-8-17(9-6-14)30(27,28)25-13-15(18-10-7-16(23)12-20(18)25)11-19(24)21(26)29-22(2,3)4/h5-10,12-13,19H,11,24H2,1-4H3/t19-/m0/s1. The third-order valence-electron chi connectivity index (χ3n) is 4.54. The van der Waals surface area contributed by atoms with E-state index in [9.17, 15) is 13.2 Å². The number of carbonyl (C=O) groups is 1. The van der Waals surface area contributed by atoms with Crippen molar-refractivity contribution >= 4 is 49.5 Å². The molecule has 0 saturated heterocycles. The Kier molecular flexibility index (Phi) is 6.31. The summed E-state index contributed by atoms with van der Waals surface area (Å²) in [5.74, 6) is -0.518. The second-order valence-electron chi connectivity index (χ2n) is 8.27. The van der Waals surface area contributed by atoms with Crippen LogP contribution in [0.5, 0.6) is 0 Å². The second kappa shape index (κ2) is 8.32. The molecule has 0 fully saturated rings. The highest BCUT2D eigenvalue weighted by Crippen LogP contribution is 2.28. The first kappa shape index (κ1) is 22.8. The maximum absolute atomic E-state index is 13.3. The number of hydrogen-bond donors (Lipinski definition) is 1. The van der Waals surface area contributed by atoms with E-state index >= 15 is 0 Å². The molecule has 30 heavy (non-hydrogen) atoms. The number of aryl methyl sites for hydroxylation is 1. The van der Waals surface area contributed by atoms with Crippen molar-refractivity contribution in [3.8, 4) is 0 Å². The number of rotatable bonds is 5. The van der Waals surface area contributed by atoms with Gasteiger partial charge in [0.25, 0.3) is 10.0 Å². The molecule has 1 aromatic heterocycles. The van der Waals surface area contributed by atoms with Gasteiger partial charge in [0.2, 0.25) is 0 Å². The predicted octanol–water partition coefficient (Wildman–Crippen LogP) is 4.00. The topological polar surface area (TPSA) is 91.4 Å². The molecule has 0 saturated carbocycles. The van der Waals surface area contributed by atoms with Gasteiger partial charge in [0.1, 0.15) is 11.6 Å². The molecule has 1 heterocycles. The third-order valence-corrected chi connectivity index (χ3v) is 6.90. The van der Waals surface area contributed by atoms with Crippen molar-refractivity contribution in [3.05, 3.63) is 63.4 Å². The lowest BCUT2D eigenvalue weighted by Gasteiger charge is -2.22.